The highest BCUT2D eigenvalue weighted by atomic mass is 19.2. The van der Waals surface area contributed by atoms with E-state index in [1.165, 1.54) is 12.6 Å². The second kappa shape index (κ2) is 10.7. The first-order chi connectivity index (χ1) is 19.0. The lowest BCUT2D eigenvalue weighted by atomic mass is 9.79. The molecular formula is C27H27F3N8O. The van der Waals surface area contributed by atoms with E-state index >= 15 is 0 Å². The number of ether oxygens (including phenoxy) is 1. The summed E-state index contributed by atoms with van der Waals surface area (Å²) in [5.74, 6) is -2.61. The quantitative estimate of drug-likeness (QED) is 0.290. The van der Waals surface area contributed by atoms with Crippen LogP contribution in [0.2, 0.25) is 0 Å². The molecule has 0 spiro atoms. The van der Waals surface area contributed by atoms with E-state index in [2.05, 4.69) is 30.9 Å². The predicted octanol–water partition coefficient (Wildman–Crippen LogP) is 4.70. The summed E-state index contributed by atoms with van der Waals surface area (Å²) < 4.78 is 46.8. The molecule has 202 valence electrons. The van der Waals surface area contributed by atoms with E-state index in [0.29, 0.717) is 34.7 Å². The van der Waals surface area contributed by atoms with Gasteiger partial charge < -0.3 is 20.7 Å². The van der Waals surface area contributed by atoms with Crippen molar-refractivity contribution in [3.63, 3.8) is 0 Å². The largest absolute Gasteiger partial charge is 0.378 e. The molecule has 0 bridgehead atoms. The number of piperidine rings is 1. The Morgan fingerprint density at radius 1 is 1.00 bits per heavy atom. The molecular weight excluding hydrogens is 509 g/mol. The van der Waals surface area contributed by atoms with Crippen LogP contribution in [0.5, 0.6) is 0 Å². The van der Waals surface area contributed by atoms with Crippen molar-refractivity contribution in [1.29, 1.82) is 0 Å². The zero-order valence-electron chi connectivity index (χ0n) is 21.2. The highest BCUT2D eigenvalue weighted by molar-refractivity contribution is 5.93. The van der Waals surface area contributed by atoms with Crippen LogP contribution in [-0.4, -0.2) is 57.3 Å². The van der Waals surface area contributed by atoms with Gasteiger partial charge in [-0.15, -0.1) is 0 Å². The number of halogens is 3. The molecule has 1 saturated carbocycles. The van der Waals surface area contributed by atoms with Gasteiger partial charge >= 0.3 is 0 Å². The van der Waals surface area contributed by atoms with Crippen LogP contribution in [0.25, 0.3) is 22.3 Å². The Kier molecular flexibility index (Phi) is 6.96. The fraction of sp³-hybridized carbons (Fsp3) is 0.370. The Labute approximate surface area is 222 Å². The predicted molar refractivity (Wildman–Crippen MR) is 140 cm³/mol. The summed E-state index contributed by atoms with van der Waals surface area (Å²) in [7, 11) is 1.70. The highest BCUT2D eigenvalue weighted by Crippen LogP contribution is 2.41. The molecule has 39 heavy (non-hydrogen) atoms. The second-order valence-electron chi connectivity index (χ2n) is 9.81. The van der Waals surface area contributed by atoms with Gasteiger partial charge in [0.2, 0.25) is 0 Å². The van der Waals surface area contributed by atoms with Gasteiger partial charge in [0.15, 0.2) is 23.3 Å². The number of rotatable bonds is 7. The first kappa shape index (κ1) is 25.4. The third-order valence-electron chi connectivity index (χ3n) is 7.38. The first-order valence-corrected chi connectivity index (χ1v) is 12.9. The van der Waals surface area contributed by atoms with Crippen LogP contribution in [0.1, 0.15) is 37.2 Å². The molecule has 12 heteroatoms. The lowest BCUT2D eigenvalue weighted by molar-refractivity contribution is 0.0706. The maximum Gasteiger partial charge on any atom is 0.251 e. The fourth-order valence-electron chi connectivity index (χ4n) is 5.08. The molecule has 5 heterocycles. The maximum atomic E-state index is 14.2. The van der Waals surface area contributed by atoms with Crippen molar-refractivity contribution in [2.75, 3.05) is 30.8 Å². The maximum absolute atomic E-state index is 14.2. The van der Waals surface area contributed by atoms with Gasteiger partial charge in [0.05, 0.1) is 23.9 Å². The van der Waals surface area contributed by atoms with Crippen LogP contribution in [-0.2, 0) is 4.74 Å². The number of hydrogen-bond acceptors (Lipinski definition) is 9. The average Bonchev–Trinajstić information content (AvgIpc) is 2.91. The van der Waals surface area contributed by atoms with Crippen LogP contribution in [0.15, 0.2) is 36.8 Å². The minimum absolute atomic E-state index is 0.0311. The van der Waals surface area contributed by atoms with Crippen molar-refractivity contribution < 1.29 is 17.9 Å². The lowest BCUT2D eigenvalue weighted by Crippen LogP contribution is -2.48. The highest BCUT2D eigenvalue weighted by Gasteiger charge is 2.29. The van der Waals surface area contributed by atoms with Gasteiger partial charge in [-0.05, 0) is 49.4 Å². The average molecular weight is 537 g/mol. The van der Waals surface area contributed by atoms with E-state index in [-0.39, 0.29) is 18.0 Å². The normalized spacial score (nSPS) is 19.6. The van der Waals surface area contributed by atoms with Crippen molar-refractivity contribution in [2.24, 2.45) is 0 Å². The van der Waals surface area contributed by atoms with E-state index in [4.69, 9.17) is 14.7 Å². The van der Waals surface area contributed by atoms with Crippen molar-refractivity contribution in [3.05, 3.63) is 59.9 Å². The van der Waals surface area contributed by atoms with Crippen LogP contribution in [0.4, 0.5) is 30.6 Å². The zero-order valence-corrected chi connectivity index (χ0v) is 21.2. The lowest BCUT2D eigenvalue weighted by Gasteiger charge is -2.33. The third-order valence-corrected chi connectivity index (χ3v) is 7.38. The molecule has 0 unspecified atom stereocenters. The molecule has 1 saturated heterocycles. The molecule has 2 fully saturated rings. The van der Waals surface area contributed by atoms with E-state index in [1.807, 2.05) is 6.20 Å². The molecule has 2 atom stereocenters. The summed E-state index contributed by atoms with van der Waals surface area (Å²) >= 11 is 0. The molecule has 4 aromatic rings. The minimum atomic E-state index is -1.41. The molecule has 6 rings (SSSR count). The standard InChI is InChI=1S/C27H27F3N8O/c1-39-21-13-31-7-6-19(21)34-27-23-16(14-3-2-4-14)11-32-12-20(23)35-25(38-27)15-5-8-33-22(9-15)36-26-18(29)10-17(28)24(30)37-26/h5,8-12,14,19,21,31H,2-4,6-7,13H2,1H3,(H,33,36,37)(H,34,35,38)/t19-,21+/m0/s1. The fourth-order valence-corrected chi connectivity index (χ4v) is 5.08. The molecule has 2 aliphatic rings. The number of hydrogen-bond donors (Lipinski definition) is 3. The number of nitrogens with zero attached hydrogens (tertiary/aromatic N) is 5. The SMILES string of the molecule is CO[C@@H]1CNCC[C@@H]1Nc1nc(-c2ccnc(Nc3nc(F)c(F)cc3F)c2)nc2cncc(C3CCC3)c12. The van der Waals surface area contributed by atoms with Gasteiger partial charge in [-0.1, -0.05) is 6.42 Å². The summed E-state index contributed by atoms with van der Waals surface area (Å²) in [4.78, 5) is 21.7. The Morgan fingerprint density at radius 2 is 1.87 bits per heavy atom. The molecule has 4 aromatic heterocycles. The Hall–Kier alpha value is -3.90. The third kappa shape index (κ3) is 5.09. The van der Waals surface area contributed by atoms with E-state index in [9.17, 15) is 13.2 Å². The summed E-state index contributed by atoms with van der Waals surface area (Å²) in [5.41, 5.74) is 2.42. The van der Waals surface area contributed by atoms with Gasteiger partial charge in [-0.3, -0.25) is 4.98 Å². The van der Waals surface area contributed by atoms with Crippen LogP contribution < -0.4 is 16.0 Å². The molecule has 0 radical (unpaired) electrons. The van der Waals surface area contributed by atoms with Gasteiger partial charge in [0.1, 0.15) is 11.6 Å². The van der Waals surface area contributed by atoms with Crippen LogP contribution in [0.3, 0.4) is 0 Å². The molecule has 0 amide bonds. The van der Waals surface area contributed by atoms with E-state index in [1.54, 1.807) is 25.4 Å². The molecule has 1 aliphatic heterocycles. The first-order valence-electron chi connectivity index (χ1n) is 12.9. The van der Waals surface area contributed by atoms with Crippen LogP contribution >= 0.6 is 0 Å². The van der Waals surface area contributed by atoms with Gasteiger partial charge in [0, 0.05) is 43.1 Å². The number of pyridine rings is 3. The van der Waals surface area contributed by atoms with Gasteiger partial charge in [0.25, 0.3) is 5.95 Å². The summed E-state index contributed by atoms with van der Waals surface area (Å²) in [6.45, 7) is 1.59. The molecule has 9 nitrogen and oxygen atoms in total. The second-order valence-corrected chi connectivity index (χ2v) is 9.81. The number of nitrogens with one attached hydrogen (secondary N) is 3. The van der Waals surface area contributed by atoms with Crippen molar-refractivity contribution >= 4 is 28.4 Å². The Bertz CT molecular complexity index is 1520. The molecule has 1 aliphatic carbocycles. The van der Waals surface area contributed by atoms with Crippen LogP contribution in [0, 0.1) is 17.6 Å². The van der Waals surface area contributed by atoms with Gasteiger partial charge in [-0.25, -0.2) is 23.7 Å². The summed E-state index contributed by atoms with van der Waals surface area (Å²) in [6, 6.07) is 3.79. The molecule has 0 aromatic carbocycles. The summed E-state index contributed by atoms with van der Waals surface area (Å²) in [6.07, 6.45) is 9.35. The monoisotopic (exact) mass is 536 g/mol. The Balaban J connectivity index is 1.41. The topological polar surface area (TPSA) is 110 Å². The van der Waals surface area contributed by atoms with Crippen molar-refractivity contribution in [3.8, 4) is 11.4 Å². The van der Waals surface area contributed by atoms with E-state index in [0.717, 1.165) is 43.3 Å². The van der Waals surface area contributed by atoms with E-state index < -0.39 is 23.4 Å². The van der Waals surface area contributed by atoms with Crippen molar-refractivity contribution in [1.82, 2.24) is 30.2 Å². The zero-order chi connectivity index (χ0) is 26.9. The number of anilines is 3. The van der Waals surface area contributed by atoms with Gasteiger partial charge in [-0.2, -0.15) is 9.37 Å². The minimum Gasteiger partial charge on any atom is -0.378 e. The van der Waals surface area contributed by atoms with Crippen molar-refractivity contribution in [2.45, 2.75) is 43.7 Å². The summed E-state index contributed by atoms with van der Waals surface area (Å²) in [5, 5.41) is 10.6. The number of aromatic nitrogens is 5. The number of methoxy groups -OCH3 is 1. The molecule has 3 N–H and O–H groups in total. The smallest absolute Gasteiger partial charge is 0.251 e. The Morgan fingerprint density at radius 3 is 2.67 bits per heavy atom. The number of fused-ring (bicyclic) bond motifs is 1.